The van der Waals surface area contributed by atoms with E-state index in [1.165, 1.54) is 77.4 Å². The molecule has 162 valence electrons. The van der Waals surface area contributed by atoms with Crippen molar-refractivity contribution in [2.45, 2.75) is 77.3 Å². The minimum absolute atomic E-state index is 0.574. The Morgan fingerprint density at radius 2 is 1.76 bits per heavy atom. The number of nitrogens with one attached hydrogen (secondary N) is 1. The van der Waals surface area contributed by atoms with Gasteiger partial charge in [0.05, 0.1) is 0 Å². The quantitative estimate of drug-likeness (QED) is 0.607. The lowest BCUT2D eigenvalue weighted by Crippen LogP contribution is -2.46. The first-order chi connectivity index (χ1) is 14.2. The largest absolute Gasteiger partial charge is 0.353 e. The third-order valence-corrected chi connectivity index (χ3v) is 7.04. The molecule has 4 rings (SSSR count). The summed E-state index contributed by atoms with van der Waals surface area (Å²) in [5.41, 5.74) is 0. The van der Waals surface area contributed by atoms with Crippen LogP contribution in [0, 0.1) is 12.8 Å². The average Bonchev–Trinajstić information content (AvgIpc) is 3.34. The zero-order chi connectivity index (χ0) is 20.1. The first kappa shape index (κ1) is 20.6. The monoisotopic (exact) mass is 401 g/mol. The van der Waals surface area contributed by atoms with Crippen molar-refractivity contribution in [1.82, 2.24) is 29.9 Å². The topological polar surface area (TPSA) is 61.6 Å². The van der Waals surface area contributed by atoms with Crippen LogP contribution in [0.15, 0.2) is 4.99 Å². The van der Waals surface area contributed by atoms with Crippen LogP contribution in [0.2, 0.25) is 0 Å². The number of likely N-dealkylation sites (tertiary alicyclic amines) is 2. The molecule has 2 saturated heterocycles. The number of nitrogens with zero attached hydrogens (tertiary/aromatic N) is 6. The summed E-state index contributed by atoms with van der Waals surface area (Å²) in [7, 11) is 2.03. The molecule has 0 bridgehead atoms. The highest BCUT2D eigenvalue weighted by Crippen LogP contribution is 2.22. The first-order valence-corrected chi connectivity index (χ1v) is 11.8. The minimum Gasteiger partial charge on any atom is -0.353 e. The van der Waals surface area contributed by atoms with Gasteiger partial charge in [-0.15, -0.1) is 10.2 Å². The van der Waals surface area contributed by atoms with Crippen molar-refractivity contribution in [2.75, 3.05) is 32.7 Å². The maximum Gasteiger partial charge on any atom is 0.194 e. The Labute approximate surface area is 176 Å². The average molecular weight is 402 g/mol. The lowest BCUT2D eigenvalue weighted by Gasteiger charge is -2.30. The number of aliphatic imine (C=N–C) groups is 1. The summed E-state index contributed by atoms with van der Waals surface area (Å²) < 4.78 is 2.05. The van der Waals surface area contributed by atoms with Gasteiger partial charge in [0.15, 0.2) is 11.8 Å². The van der Waals surface area contributed by atoms with Crippen LogP contribution in [0.5, 0.6) is 0 Å². The SMILES string of the molecule is Cc1nnc(CN=C(NC2CCCCC2)N2CCC(CN3CCCCC3)C2)n1C. The highest BCUT2D eigenvalue weighted by molar-refractivity contribution is 5.80. The molecule has 0 spiro atoms. The number of piperidine rings is 1. The predicted molar refractivity (Wildman–Crippen MR) is 117 cm³/mol. The van der Waals surface area contributed by atoms with Crippen molar-refractivity contribution < 1.29 is 0 Å². The highest BCUT2D eigenvalue weighted by atomic mass is 15.3. The van der Waals surface area contributed by atoms with Crippen molar-refractivity contribution in [1.29, 1.82) is 0 Å². The summed E-state index contributed by atoms with van der Waals surface area (Å²) in [5, 5.41) is 12.3. The molecule has 3 aliphatic rings. The summed E-state index contributed by atoms with van der Waals surface area (Å²) in [5.74, 6) is 3.75. The molecule has 29 heavy (non-hydrogen) atoms. The predicted octanol–water partition coefficient (Wildman–Crippen LogP) is 2.71. The van der Waals surface area contributed by atoms with E-state index in [2.05, 4.69) is 25.3 Å². The van der Waals surface area contributed by atoms with Crippen molar-refractivity contribution in [2.24, 2.45) is 18.0 Å². The molecule has 1 atom stereocenters. The fourth-order valence-electron chi connectivity index (χ4n) is 5.08. The van der Waals surface area contributed by atoms with Gasteiger partial charge >= 0.3 is 0 Å². The molecule has 1 aromatic heterocycles. The summed E-state index contributed by atoms with van der Waals surface area (Å²) in [4.78, 5) is 10.2. The molecule has 2 aliphatic heterocycles. The van der Waals surface area contributed by atoms with Crippen LogP contribution in [0.1, 0.15) is 69.4 Å². The maximum atomic E-state index is 5.02. The van der Waals surface area contributed by atoms with Gasteiger partial charge in [0, 0.05) is 32.7 Å². The molecule has 1 saturated carbocycles. The lowest BCUT2D eigenvalue weighted by molar-refractivity contribution is 0.198. The van der Waals surface area contributed by atoms with Crippen molar-refractivity contribution in [3.8, 4) is 0 Å². The van der Waals surface area contributed by atoms with Gasteiger partial charge in [-0.1, -0.05) is 25.7 Å². The summed E-state index contributed by atoms with van der Waals surface area (Å²) in [6.07, 6.45) is 12.1. The maximum absolute atomic E-state index is 5.02. The number of hydrogen-bond donors (Lipinski definition) is 1. The standard InChI is InChI=1S/C22H39N7/c1-18-25-26-21(27(18)2)15-23-22(24-20-9-5-3-6-10-20)29-14-11-19(17-29)16-28-12-7-4-8-13-28/h19-20H,3-17H2,1-2H3,(H,23,24). The van der Waals surface area contributed by atoms with Crippen LogP contribution in [0.25, 0.3) is 0 Å². The summed E-state index contributed by atoms with van der Waals surface area (Å²) in [6, 6.07) is 0.574. The Hall–Kier alpha value is -1.63. The Bertz CT molecular complexity index is 671. The molecule has 1 aliphatic carbocycles. The number of guanidine groups is 1. The zero-order valence-electron chi connectivity index (χ0n) is 18.4. The van der Waals surface area contributed by atoms with Gasteiger partial charge < -0.3 is 19.7 Å². The van der Waals surface area contributed by atoms with E-state index in [0.29, 0.717) is 12.6 Å². The number of rotatable bonds is 5. The lowest BCUT2D eigenvalue weighted by atomic mass is 9.96. The van der Waals surface area contributed by atoms with Gasteiger partial charge in [0.25, 0.3) is 0 Å². The van der Waals surface area contributed by atoms with E-state index < -0.39 is 0 Å². The summed E-state index contributed by atoms with van der Waals surface area (Å²) in [6.45, 7) is 8.69. The highest BCUT2D eigenvalue weighted by Gasteiger charge is 2.28. The smallest absolute Gasteiger partial charge is 0.194 e. The number of hydrogen-bond acceptors (Lipinski definition) is 4. The molecular formula is C22H39N7. The van der Waals surface area contributed by atoms with E-state index in [1.807, 2.05) is 18.5 Å². The number of aryl methyl sites for hydroxylation is 1. The second kappa shape index (κ2) is 9.92. The molecule has 3 fully saturated rings. The Kier molecular flexibility index (Phi) is 7.06. The fourth-order valence-corrected chi connectivity index (χ4v) is 5.08. The number of aromatic nitrogens is 3. The normalized spacial score (nSPS) is 25.0. The second-order valence-electron chi connectivity index (χ2n) is 9.30. The molecular weight excluding hydrogens is 362 g/mol. The second-order valence-corrected chi connectivity index (χ2v) is 9.30. The van der Waals surface area contributed by atoms with Gasteiger partial charge in [-0.3, -0.25) is 0 Å². The van der Waals surface area contributed by atoms with Gasteiger partial charge in [-0.05, 0) is 58.0 Å². The van der Waals surface area contributed by atoms with Crippen molar-refractivity contribution in [3.05, 3.63) is 11.6 Å². The molecule has 0 radical (unpaired) electrons. The van der Waals surface area contributed by atoms with Crippen LogP contribution in [0.4, 0.5) is 0 Å². The Morgan fingerprint density at radius 3 is 2.48 bits per heavy atom. The van der Waals surface area contributed by atoms with Crippen LogP contribution >= 0.6 is 0 Å². The fraction of sp³-hybridized carbons (Fsp3) is 0.864. The van der Waals surface area contributed by atoms with Crippen LogP contribution in [0.3, 0.4) is 0 Å². The van der Waals surface area contributed by atoms with Gasteiger partial charge in [0.1, 0.15) is 12.4 Å². The van der Waals surface area contributed by atoms with Crippen LogP contribution in [-0.4, -0.2) is 69.3 Å². The van der Waals surface area contributed by atoms with E-state index in [-0.39, 0.29) is 0 Å². The van der Waals surface area contributed by atoms with Gasteiger partial charge in [-0.25, -0.2) is 4.99 Å². The van der Waals surface area contributed by atoms with Crippen LogP contribution in [-0.2, 0) is 13.6 Å². The molecule has 7 nitrogen and oxygen atoms in total. The van der Waals surface area contributed by atoms with E-state index in [0.717, 1.165) is 36.6 Å². The van der Waals surface area contributed by atoms with E-state index in [9.17, 15) is 0 Å². The molecule has 3 heterocycles. The van der Waals surface area contributed by atoms with Gasteiger partial charge in [-0.2, -0.15) is 0 Å². The molecule has 7 heteroatoms. The molecule has 0 aromatic carbocycles. The Balaban J connectivity index is 1.40. The van der Waals surface area contributed by atoms with Gasteiger partial charge in [0.2, 0.25) is 0 Å². The van der Waals surface area contributed by atoms with E-state index in [1.54, 1.807) is 0 Å². The van der Waals surface area contributed by atoms with Crippen molar-refractivity contribution >= 4 is 5.96 Å². The van der Waals surface area contributed by atoms with E-state index in [4.69, 9.17) is 4.99 Å². The van der Waals surface area contributed by atoms with Crippen molar-refractivity contribution in [3.63, 3.8) is 0 Å². The molecule has 1 N–H and O–H groups in total. The minimum atomic E-state index is 0.574. The third kappa shape index (κ3) is 5.50. The van der Waals surface area contributed by atoms with Crippen LogP contribution < -0.4 is 5.32 Å². The summed E-state index contributed by atoms with van der Waals surface area (Å²) >= 11 is 0. The Morgan fingerprint density at radius 1 is 1.00 bits per heavy atom. The molecule has 1 unspecified atom stereocenters. The molecule has 0 amide bonds. The third-order valence-electron chi connectivity index (χ3n) is 7.04. The molecule has 1 aromatic rings. The first-order valence-electron chi connectivity index (χ1n) is 11.8. The zero-order valence-corrected chi connectivity index (χ0v) is 18.4. The van der Waals surface area contributed by atoms with E-state index >= 15 is 0 Å².